The second-order valence-corrected chi connectivity index (χ2v) is 6.31. The van der Waals surface area contributed by atoms with Gasteiger partial charge in [-0.2, -0.15) is 0 Å². The highest BCUT2D eigenvalue weighted by Crippen LogP contribution is 2.31. The summed E-state index contributed by atoms with van der Waals surface area (Å²) in [5.41, 5.74) is -0.0475. The zero-order valence-electron chi connectivity index (χ0n) is 14.2. The van der Waals surface area contributed by atoms with Crippen LogP contribution in [0.3, 0.4) is 0 Å². The van der Waals surface area contributed by atoms with Crippen molar-refractivity contribution in [3.05, 3.63) is 30.0 Å². The van der Waals surface area contributed by atoms with Crippen LogP contribution in [0.1, 0.15) is 38.1 Å². The van der Waals surface area contributed by atoms with Crippen molar-refractivity contribution < 1.29 is 32.2 Å². The minimum absolute atomic E-state index is 0.232. The first-order valence-electron chi connectivity index (χ1n) is 7.47. The smallest absolute Gasteiger partial charge is 0.458 e. The summed E-state index contributed by atoms with van der Waals surface area (Å²) in [4.78, 5) is 23.0. The molecule has 1 heterocycles. The number of hydrogen-bond donors (Lipinski definition) is 0. The Morgan fingerprint density at radius 3 is 2.32 bits per heavy atom. The minimum atomic E-state index is -4.82. The first-order chi connectivity index (χ1) is 11.4. The molecule has 5 nitrogen and oxygen atoms in total. The van der Waals surface area contributed by atoms with Crippen molar-refractivity contribution in [3.8, 4) is 5.75 Å². The van der Waals surface area contributed by atoms with Crippen molar-refractivity contribution in [1.82, 2.24) is 4.57 Å². The van der Waals surface area contributed by atoms with Crippen molar-refractivity contribution in [2.75, 3.05) is 0 Å². The number of rotatable bonds is 5. The Labute approximate surface area is 142 Å². The molecule has 0 radical (unpaired) electrons. The van der Waals surface area contributed by atoms with Gasteiger partial charge in [-0.25, -0.2) is 0 Å². The van der Waals surface area contributed by atoms with Gasteiger partial charge in [0.2, 0.25) is 0 Å². The average molecular weight is 357 g/mol. The molecule has 0 saturated carbocycles. The van der Waals surface area contributed by atoms with E-state index in [0.29, 0.717) is 10.9 Å². The van der Waals surface area contributed by atoms with Crippen molar-refractivity contribution in [3.63, 3.8) is 0 Å². The molecule has 1 aromatic carbocycles. The van der Waals surface area contributed by atoms with Crippen molar-refractivity contribution in [2.24, 2.45) is 0 Å². The van der Waals surface area contributed by atoms with E-state index >= 15 is 0 Å². The summed E-state index contributed by atoms with van der Waals surface area (Å²) in [6.45, 7) is 6.25. The van der Waals surface area contributed by atoms with Gasteiger partial charge in [-0.1, -0.05) is 0 Å². The fourth-order valence-electron chi connectivity index (χ4n) is 2.72. The minimum Gasteiger partial charge on any atom is -0.458 e. The van der Waals surface area contributed by atoms with Crippen molar-refractivity contribution in [1.29, 1.82) is 0 Å². The van der Waals surface area contributed by atoms with E-state index in [4.69, 9.17) is 4.74 Å². The van der Waals surface area contributed by atoms with Crippen LogP contribution in [0.15, 0.2) is 24.4 Å². The Hall–Kier alpha value is -2.51. The van der Waals surface area contributed by atoms with Crippen LogP contribution in [0.5, 0.6) is 5.75 Å². The maximum Gasteiger partial charge on any atom is 0.573 e. The van der Waals surface area contributed by atoms with Crippen LogP contribution in [-0.2, 0) is 16.1 Å². The van der Waals surface area contributed by atoms with E-state index in [1.807, 2.05) is 0 Å². The van der Waals surface area contributed by atoms with E-state index in [0.717, 1.165) is 0 Å². The van der Waals surface area contributed by atoms with E-state index in [1.54, 1.807) is 18.4 Å². The number of carbonyl (C=O) groups excluding carboxylic acids is 2. The normalized spacial score (nSPS) is 12.3. The predicted molar refractivity (Wildman–Crippen MR) is 84.5 cm³/mol. The van der Waals surface area contributed by atoms with E-state index in [1.165, 1.54) is 38.2 Å². The second kappa shape index (κ2) is 6.42. The molecule has 2 rings (SSSR count). The lowest BCUT2D eigenvalue weighted by atomic mass is 10.1. The number of hydrogen-bond acceptors (Lipinski definition) is 4. The number of benzene rings is 1. The van der Waals surface area contributed by atoms with Crippen LogP contribution in [0.2, 0.25) is 0 Å². The number of ketones is 1. The molecule has 0 aliphatic carbocycles. The Morgan fingerprint density at radius 1 is 1.16 bits per heavy atom. The average Bonchev–Trinajstić information content (AvgIpc) is 2.72. The molecular formula is C17H18F3NO4. The maximum atomic E-state index is 12.4. The van der Waals surface area contributed by atoms with E-state index in [-0.39, 0.29) is 17.9 Å². The Kier molecular flexibility index (Phi) is 4.83. The lowest BCUT2D eigenvalue weighted by molar-refractivity contribution is -0.274. The van der Waals surface area contributed by atoms with E-state index < -0.39 is 23.7 Å². The first-order valence-corrected chi connectivity index (χ1v) is 7.47. The van der Waals surface area contributed by atoms with E-state index in [9.17, 15) is 22.8 Å². The van der Waals surface area contributed by atoms with Crippen LogP contribution in [-0.4, -0.2) is 28.3 Å². The molecule has 8 heteroatoms. The standard InChI is InChI=1S/C17H18F3NO4/c1-10(22)14-8-21(9-16(3,4)24-11(2)23)15-6-5-12(7-13(14)15)25-17(18,19)20/h5-8H,9H2,1-4H3. The summed E-state index contributed by atoms with van der Waals surface area (Å²) >= 11 is 0. The molecule has 0 spiro atoms. The largest absolute Gasteiger partial charge is 0.573 e. The molecule has 136 valence electrons. The van der Waals surface area contributed by atoms with Crippen molar-refractivity contribution in [2.45, 2.75) is 46.2 Å². The number of aromatic nitrogens is 1. The molecule has 25 heavy (non-hydrogen) atoms. The lowest BCUT2D eigenvalue weighted by Crippen LogP contribution is -2.32. The molecule has 0 saturated heterocycles. The molecule has 0 bridgehead atoms. The molecule has 1 aromatic heterocycles. The summed E-state index contributed by atoms with van der Waals surface area (Å²) in [6, 6.07) is 3.79. The van der Waals surface area contributed by atoms with Gasteiger partial charge in [-0.3, -0.25) is 9.59 Å². The van der Waals surface area contributed by atoms with Gasteiger partial charge in [0.15, 0.2) is 5.78 Å². The number of fused-ring (bicyclic) bond motifs is 1. The van der Waals surface area contributed by atoms with Gasteiger partial charge in [-0.15, -0.1) is 13.2 Å². The summed E-state index contributed by atoms with van der Waals surface area (Å²) < 4.78 is 48.0. The fraction of sp³-hybridized carbons (Fsp3) is 0.412. The van der Waals surface area contributed by atoms with Crippen LogP contribution in [0.4, 0.5) is 13.2 Å². The summed E-state index contributed by atoms with van der Waals surface area (Å²) in [7, 11) is 0. The Bertz CT molecular complexity index is 821. The van der Waals surface area contributed by atoms with Crippen LogP contribution in [0.25, 0.3) is 10.9 Å². The number of Topliss-reactive ketones (excluding diaryl/α,β-unsaturated/α-hetero) is 1. The quantitative estimate of drug-likeness (QED) is 0.598. The van der Waals surface area contributed by atoms with Gasteiger partial charge in [0.05, 0.1) is 6.54 Å². The molecule has 0 unspecified atom stereocenters. The van der Waals surface area contributed by atoms with Gasteiger partial charge in [0.1, 0.15) is 11.4 Å². The van der Waals surface area contributed by atoms with Gasteiger partial charge in [-0.05, 0) is 39.0 Å². The fourth-order valence-corrected chi connectivity index (χ4v) is 2.72. The van der Waals surface area contributed by atoms with Gasteiger partial charge >= 0.3 is 12.3 Å². The summed E-state index contributed by atoms with van der Waals surface area (Å²) in [5.74, 6) is -1.15. The van der Waals surface area contributed by atoms with Crippen LogP contribution < -0.4 is 4.74 Å². The van der Waals surface area contributed by atoms with Crippen LogP contribution >= 0.6 is 0 Å². The highest BCUT2D eigenvalue weighted by Gasteiger charge is 2.31. The number of carbonyl (C=O) groups is 2. The molecule has 0 atom stereocenters. The third-order valence-electron chi connectivity index (χ3n) is 3.44. The molecule has 0 aliphatic rings. The Balaban J connectivity index is 2.49. The molecule has 0 aliphatic heterocycles. The lowest BCUT2D eigenvalue weighted by Gasteiger charge is -2.25. The molecule has 0 N–H and O–H groups in total. The molecular weight excluding hydrogens is 339 g/mol. The third kappa shape index (κ3) is 4.74. The van der Waals surface area contributed by atoms with Gasteiger partial charge < -0.3 is 14.0 Å². The highest BCUT2D eigenvalue weighted by atomic mass is 19.4. The molecule has 2 aromatic rings. The second-order valence-electron chi connectivity index (χ2n) is 6.31. The first kappa shape index (κ1) is 18.8. The topological polar surface area (TPSA) is 57.5 Å². The monoisotopic (exact) mass is 357 g/mol. The number of ether oxygens (including phenoxy) is 2. The number of esters is 1. The van der Waals surface area contributed by atoms with Gasteiger partial charge in [0.25, 0.3) is 0 Å². The molecule has 0 amide bonds. The third-order valence-corrected chi connectivity index (χ3v) is 3.44. The van der Waals surface area contributed by atoms with E-state index in [2.05, 4.69) is 4.74 Å². The Morgan fingerprint density at radius 2 is 1.80 bits per heavy atom. The maximum absolute atomic E-state index is 12.4. The summed E-state index contributed by atoms with van der Waals surface area (Å²) in [5, 5.41) is 0.341. The predicted octanol–water partition coefficient (Wildman–Crippen LogP) is 4.08. The zero-order chi connectivity index (χ0) is 19.0. The van der Waals surface area contributed by atoms with Gasteiger partial charge in [0, 0.05) is 29.6 Å². The van der Waals surface area contributed by atoms with Crippen molar-refractivity contribution >= 4 is 22.7 Å². The summed E-state index contributed by atoms with van der Waals surface area (Å²) in [6.07, 6.45) is -3.28. The number of alkyl halides is 3. The zero-order valence-corrected chi connectivity index (χ0v) is 14.2. The SMILES string of the molecule is CC(=O)OC(C)(C)Cn1cc(C(C)=O)c2cc(OC(F)(F)F)ccc21. The number of halogens is 3. The highest BCUT2D eigenvalue weighted by molar-refractivity contribution is 6.07. The number of nitrogens with zero attached hydrogens (tertiary/aromatic N) is 1. The molecule has 0 fully saturated rings. The van der Waals surface area contributed by atoms with Crippen LogP contribution in [0, 0.1) is 0 Å².